The van der Waals surface area contributed by atoms with E-state index < -0.39 is 0 Å². The summed E-state index contributed by atoms with van der Waals surface area (Å²) in [6.07, 6.45) is 2.19. The van der Waals surface area contributed by atoms with Gasteiger partial charge in [0.25, 0.3) is 0 Å². The molecule has 0 radical (unpaired) electrons. The lowest BCUT2D eigenvalue weighted by Gasteiger charge is -2.01. The second-order valence-corrected chi connectivity index (χ2v) is 3.95. The van der Waals surface area contributed by atoms with Crippen LogP contribution >= 0.6 is 0 Å². The third-order valence-electron chi connectivity index (χ3n) is 2.78. The first-order chi connectivity index (χ1) is 7.20. The molecular formula is C13H14O2. The van der Waals surface area contributed by atoms with Gasteiger partial charge in [-0.2, -0.15) is 0 Å². The van der Waals surface area contributed by atoms with E-state index in [-0.39, 0.29) is 5.97 Å². The SMILES string of the molecule is C=C1CC1Cc1ccc(C(=O)OC)cc1. The molecule has 0 spiro atoms. The van der Waals surface area contributed by atoms with Crippen molar-refractivity contribution in [1.29, 1.82) is 0 Å². The van der Waals surface area contributed by atoms with Gasteiger partial charge in [-0.1, -0.05) is 24.3 Å². The van der Waals surface area contributed by atoms with Crippen molar-refractivity contribution in [3.8, 4) is 0 Å². The number of esters is 1. The molecule has 1 fully saturated rings. The van der Waals surface area contributed by atoms with E-state index in [4.69, 9.17) is 0 Å². The first-order valence-corrected chi connectivity index (χ1v) is 5.05. The fourth-order valence-corrected chi connectivity index (χ4v) is 1.65. The van der Waals surface area contributed by atoms with Gasteiger partial charge in [0.05, 0.1) is 12.7 Å². The summed E-state index contributed by atoms with van der Waals surface area (Å²) in [5.74, 6) is 0.381. The third-order valence-corrected chi connectivity index (χ3v) is 2.78. The third kappa shape index (κ3) is 2.27. The number of benzene rings is 1. The topological polar surface area (TPSA) is 26.3 Å². The van der Waals surface area contributed by atoms with Crippen LogP contribution in [-0.2, 0) is 11.2 Å². The fourth-order valence-electron chi connectivity index (χ4n) is 1.65. The average molecular weight is 202 g/mol. The van der Waals surface area contributed by atoms with Crippen LogP contribution in [0.2, 0.25) is 0 Å². The summed E-state index contributed by atoms with van der Waals surface area (Å²) in [6.45, 7) is 3.93. The molecule has 0 N–H and O–H groups in total. The summed E-state index contributed by atoms with van der Waals surface area (Å²) in [6, 6.07) is 7.59. The predicted octanol–water partition coefficient (Wildman–Crippen LogP) is 2.59. The Hall–Kier alpha value is -1.57. The molecule has 1 saturated carbocycles. The van der Waals surface area contributed by atoms with Gasteiger partial charge in [-0.25, -0.2) is 4.79 Å². The highest BCUT2D eigenvalue weighted by atomic mass is 16.5. The Morgan fingerprint density at radius 3 is 2.53 bits per heavy atom. The molecular weight excluding hydrogens is 188 g/mol. The van der Waals surface area contributed by atoms with Gasteiger partial charge in [-0.3, -0.25) is 0 Å². The molecule has 1 atom stereocenters. The molecule has 0 bridgehead atoms. The van der Waals surface area contributed by atoms with Crippen molar-refractivity contribution in [2.45, 2.75) is 12.8 Å². The van der Waals surface area contributed by atoms with E-state index in [1.54, 1.807) is 0 Å². The lowest BCUT2D eigenvalue weighted by molar-refractivity contribution is 0.0600. The van der Waals surface area contributed by atoms with Gasteiger partial charge >= 0.3 is 5.97 Å². The lowest BCUT2D eigenvalue weighted by Crippen LogP contribution is -2.00. The smallest absolute Gasteiger partial charge is 0.337 e. The minimum absolute atomic E-state index is 0.280. The maximum atomic E-state index is 11.2. The number of ether oxygens (including phenoxy) is 1. The number of carbonyl (C=O) groups is 1. The highest BCUT2D eigenvalue weighted by Crippen LogP contribution is 2.38. The fraction of sp³-hybridized carbons (Fsp3) is 0.308. The number of hydrogen-bond donors (Lipinski definition) is 0. The molecule has 0 heterocycles. The molecule has 1 aromatic carbocycles. The van der Waals surface area contributed by atoms with E-state index in [1.807, 2.05) is 24.3 Å². The Morgan fingerprint density at radius 2 is 2.07 bits per heavy atom. The van der Waals surface area contributed by atoms with Crippen LogP contribution in [0.15, 0.2) is 36.4 Å². The molecule has 0 aliphatic heterocycles. The number of carbonyl (C=O) groups excluding carboxylic acids is 1. The number of allylic oxidation sites excluding steroid dienone is 1. The van der Waals surface area contributed by atoms with Crippen LogP contribution < -0.4 is 0 Å². The first-order valence-electron chi connectivity index (χ1n) is 5.05. The second-order valence-electron chi connectivity index (χ2n) is 3.95. The van der Waals surface area contributed by atoms with Gasteiger partial charge in [-0.15, -0.1) is 0 Å². The first kappa shape index (κ1) is 9.97. The van der Waals surface area contributed by atoms with Crippen LogP contribution in [0.1, 0.15) is 22.3 Å². The molecule has 1 unspecified atom stereocenters. The summed E-state index contributed by atoms with van der Waals surface area (Å²) < 4.78 is 4.63. The van der Waals surface area contributed by atoms with Crippen molar-refractivity contribution in [3.05, 3.63) is 47.5 Å². The van der Waals surface area contributed by atoms with Crippen molar-refractivity contribution >= 4 is 5.97 Å². The quantitative estimate of drug-likeness (QED) is 0.556. The van der Waals surface area contributed by atoms with Gasteiger partial charge < -0.3 is 4.74 Å². The number of rotatable bonds is 3. The van der Waals surface area contributed by atoms with E-state index in [1.165, 1.54) is 18.2 Å². The number of hydrogen-bond acceptors (Lipinski definition) is 2. The van der Waals surface area contributed by atoms with Crippen molar-refractivity contribution in [1.82, 2.24) is 0 Å². The molecule has 0 saturated heterocycles. The Labute approximate surface area is 89.6 Å². The molecule has 15 heavy (non-hydrogen) atoms. The lowest BCUT2D eigenvalue weighted by atomic mass is 10.1. The standard InChI is InChI=1S/C13H14O2/c1-9-7-12(9)8-10-3-5-11(6-4-10)13(14)15-2/h3-6,12H,1,7-8H2,2H3. The zero-order chi connectivity index (χ0) is 10.8. The summed E-state index contributed by atoms with van der Waals surface area (Å²) >= 11 is 0. The van der Waals surface area contributed by atoms with E-state index in [9.17, 15) is 4.79 Å². The van der Waals surface area contributed by atoms with E-state index in [0.29, 0.717) is 11.5 Å². The van der Waals surface area contributed by atoms with Crippen molar-refractivity contribution < 1.29 is 9.53 Å². The van der Waals surface area contributed by atoms with E-state index in [2.05, 4.69) is 11.3 Å². The Balaban J connectivity index is 2.03. The summed E-state index contributed by atoms with van der Waals surface area (Å²) in [5.41, 5.74) is 3.20. The second kappa shape index (κ2) is 3.89. The van der Waals surface area contributed by atoms with Crippen molar-refractivity contribution in [2.24, 2.45) is 5.92 Å². The Morgan fingerprint density at radius 1 is 1.47 bits per heavy atom. The van der Waals surface area contributed by atoms with Gasteiger partial charge in [0.2, 0.25) is 0 Å². The normalized spacial score (nSPS) is 18.7. The largest absolute Gasteiger partial charge is 0.465 e. The van der Waals surface area contributed by atoms with Gasteiger partial charge in [0, 0.05) is 0 Å². The average Bonchev–Trinajstić information content (AvgIpc) is 2.94. The minimum atomic E-state index is -0.280. The maximum absolute atomic E-state index is 11.2. The molecule has 1 aromatic rings. The molecule has 0 aromatic heterocycles. The molecule has 1 aliphatic rings. The highest BCUT2D eigenvalue weighted by molar-refractivity contribution is 5.89. The Kier molecular flexibility index (Phi) is 2.58. The summed E-state index contributed by atoms with van der Waals surface area (Å²) in [7, 11) is 1.39. The zero-order valence-corrected chi connectivity index (χ0v) is 8.82. The van der Waals surface area contributed by atoms with E-state index >= 15 is 0 Å². The monoisotopic (exact) mass is 202 g/mol. The van der Waals surface area contributed by atoms with E-state index in [0.717, 1.165) is 12.8 Å². The van der Waals surface area contributed by atoms with Crippen LogP contribution in [0, 0.1) is 5.92 Å². The van der Waals surface area contributed by atoms with Gasteiger partial charge in [0.15, 0.2) is 0 Å². The van der Waals surface area contributed by atoms with Gasteiger partial charge in [-0.05, 0) is 36.5 Å². The minimum Gasteiger partial charge on any atom is -0.465 e. The zero-order valence-electron chi connectivity index (χ0n) is 8.82. The summed E-state index contributed by atoms with van der Waals surface area (Å²) in [5, 5.41) is 0. The van der Waals surface area contributed by atoms with Crippen LogP contribution in [0.4, 0.5) is 0 Å². The van der Waals surface area contributed by atoms with Crippen LogP contribution in [0.5, 0.6) is 0 Å². The molecule has 2 rings (SSSR count). The van der Waals surface area contributed by atoms with Gasteiger partial charge in [0.1, 0.15) is 0 Å². The molecule has 1 aliphatic carbocycles. The van der Waals surface area contributed by atoms with Crippen LogP contribution in [0.3, 0.4) is 0 Å². The molecule has 2 heteroatoms. The maximum Gasteiger partial charge on any atom is 0.337 e. The van der Waals surface area contributed by atoms with Crippen molar-refractivity contribution in [2.75, 3.05) is 7.11 Å². The molecule has 2 nitrogen and oxygen atoms in total. The summed E-state index contributed by atoms with van der Waals surface area (Å²) in [4.78, 5) is 11.2. The Bertz CT molecular complexity index is 390. The van der Waals surface area contributed by atoms with Crippen LogP contribution in [-0.4, -0.2) is 13.1 Å². The molecule has 78 valence electrons. The molecule has 0 amide bonds. The van der Waals surface area contributed by atoms with Crippen molar-refractivity contribution in [3.63, 3.8) is 0 Å². The number of methoxy groups -OCH3 is 1. The highest BCUT2D eigenvalue weighted by Gasteiger charge is 2.26. The van der Waals surface area contributed by atoms with Crippen LogP contribution in [0.25, 0.3) is 0 Å². The predicted molar refractivity (Wildman–Crippen MR) is 58.7 cm³/mol.